The number of nitrogens with one attached hydrogen (secondary N) is 1. The van der Waals surface area contributed by atoms with Crippen LogP contribution in [0.15, 0.2) is 72.1 Å². The first-order valence-corrected chi connectivity index (χ1v) is 11.4. The number of carbonyl (C=O) groups is 2. The number of benzene rings is 2. The van der Waals surface area contributed by atoms with Crippen molar-refractivity contribution >= 4 is 23.2 Å². The Morgan fingerprint density at radius 2 is 1.87 bits per heavy atom. The zero-order valence-electron chi connectivity index (χ0n) is 17.2. The molecule has 2 atom stereocenters. The van der Waals surface area contributed by atoms with E-state index in [9.17, 15) is 14.0 Å². The van der Waals surface area contributed by atoms with Gasteiger partial charge in [-0.15, -0.1) is 11.3 Å². The SMILES string of the molecule is O=C(NCc1cccc(F)c1)[C@H]1CC[C@H](c2ccccc2)N(C(=O)Cc2cccs2)C1. The lowest BCUT2D eigenvalue weighted by Crippen LogP contribution is -2.47. The summed E-state index contributed by atoms with van der Waals surface area (Å²) >= 11 is 1.57. The van der Waals surface area contributed by atoms with Gasteiger partial charge < -0.3 is 10.2 Å². The number of hydrogen-bond donors (Lipinski definition) is 1. The summed E-state index contributed by atoms with van der Waals surface area (Å²) in [5, 5.41) is 4.88. The van der Waals surface area contributed by atoms with E-state index >= 15 is 0 Å². The van der Waals surface area contributed by atoms with Crippen molar-refractivity contribution in [2.24, 2.45) is 5.92 Å². The van der Waals surface area contributed by atoms with Gasteiger partial charge in [0.25, 0.3) is 0 Å². The fourth-order valence-corrected chi connectivity index (χ4v) is 4.82. The highest BCUT2D eigenvalue weighted by Crippen LogP contribution is 2.34. The largest absolute Gasteiger partial charge is 0.352 e. The van der Waals surface area contributed by atoms with Crippen LogP contribution >= 0.6 is 11.3 Å². The van der Waals surface area contributed by atoms with Crippen LogP contribution in [0.2, 0.25) is 0 Å². The molecular weight excluding hydrogens is 411 g/mol. The molecule has 0 radical (unpaired) electrons. The van der Waals surface area contributed by atoms with Gasteiger partial charge in [0.05, 0.1) is 18.4 Å². The van der Waals surface area contributed by atoms with Crippen LogP contribution in [0.4, 0.5) is 4.39 Å². The average molecular weight is 437 g/mol. The Balaban J connectivity index is 1.46. The highest BCUT2D eigenvalue weighted by Gasteiger charge is 2.35. The number of piperidine rings is 1. The van der Waals surface area contributed by atoms with Crippen molar-refractivity contribution in [2.45, 2.75) is 31.8 Å². The van der Waals surface area contributed by atoms with Crippen molar-refractivity contribution in [2.75, 3.05) is 6.54 Å². The van der Waals surface area contributed by atoms with Crippen LogP contribution in [0.1, 0.15) is 34.9 Å². The molecule has 0 bridgehead atoms. The van der Waals surface area contributed by atoms with Crippen LogP contribution in [0, 0.1) is 11.7 Å². The molecule has 4 rings (SSSR count). The lowest BCUT2D eigenvalue weighted by atomic mass is 9.88. The molecule has 6 heteroatoms. The van der Waals surface area contributed by atoms with E-state index in [2.05, 4.69) is 5.32 Å². The van der Waals surface area contributed by atoms with E-state index in [0.717, 1.165) is 22.4 Å². The van der Waals surface area contributed by atoms with E-state index in [1.54, 1.807) is 23.5 Å². The third-order valence-electron chi connectivity index (χ3n) is 5.72. The van der Waals surface area contributed by atoms with Crippen LogP contribution < -0.4 is 5.32 Å². The predicted octanol–water partition coefficient (Wildman–Crippen LogP) is 4.73. The maximum absolute atomic E-state index is 13.4. The van der Waals surface area contributed by atoms with Crippen LogP contribution in [0.25, 0.3) is 0 Å². The van der Waals surface area contributed by atoms with Gasteiger partial charge in [0, 0.05) is 18.0 Å². The van der Waals surface area contributed by atoms with Crippen molar-refractivity contribution in [1.82, 2.24) is 10.2 Å². The summed E-state index contributed by atoms with van der Waals surface area (Å²) < 4.78 is 13.4. The highest BCUT2D eigenvalue weighted by atomic mass is 32.1. The van der Waals surface area contributed by atoms with Crippen LogP contribution in [-0.2, 0) is 22.6 Å². The molecule has 160 valence electrons. The zero-order valence-corrected chi connectivity index (χ0v) is 18.0. The summed E-state index contributed by atoms with van der Waals surface area (Å²) in [4.78, 5) is 28.9. The smallest absolute Gasteiger partial charge is 0.228 e. The number of rotatable bonds is 6. The monoisotopic (exact) mass is 436 g/mol. The third kappa shape index (κ3) is 5.39. The number of nitrogens with zero attached hydrogens (tertiary/aromatic N) is 1. The molecular formula is C25H25FN2O2S. The van der Waals surface area contributed by atoms with Crippen LogP contribution in [0.3, 0.4) is 0 Å². The molecule has 31 heavy (non-hydrogen) atoms. The second-order valence-corrected chi connectivity index (χ2v) is 8.88. The second kappa shape index (κ2) is 9.88. The molecule has 2 amide bonds. The molecule has 2 aromatic carbocycles. The van der Waals surface area contributed by atoms with E-state index in [1.807, 2.05) is 52.7 Å². The molecule has 1 fully saturated rings. The van der Waals surface area contributed by atoms with Crippen LogP contribution in [-0.4, -0.2) is 23.3 Å². The highest BCUT2D eigenvalue weighted by molar-refractivity contribution is 7.10. The summed E-state index contributed by atoms with van der Waals surface area (Å²) in [5.41, 5.74) is 1.82. The minimum Gasteiger partial charge on any atom is -0.352 e. The fraction of sp³-hybridized carbons (Fsp3) is 0.280. The number of hydrogen-bond acceptors (Lipinski definition) is 3. The van der Waals surface area contributed by atoms with Gasteiger partial charge in [0.15, 0.2) is 0 Å². The molecule has 1 aliphatic heterocycles. The van der Waals surface area contributed by atoms with E-state index in [4.69, 9.17) is 0 Å². The number of likely N-dealkylation sites (tertiary alicyclic amines) is 1. The maximum Gasteiger partial charge on any atom is 0.228 e. The second-order valence-electron chi connectivity index (χ2n) is 7.85. The Hall–Kier alpha value is -2.99. The Labute approximate surface area is 185 Å². The first-order valence-electron chi connectivity index (χ1n) is 10.5. The molecule has 0 spiro atoms. The molecule has 1 aliphatic rings. The molecule has 0 saturated carbocycles. The summed E-state index contributed by atoms with van der Waals surface area (Å²) in [6, 6.07) is 20.1. The van der Waals surface area contributed by atoms with Gasteiger partial charge >= 0.3 is 0 Å². The predicted molar refractivity (Wildman–Crippen MR) is 120 cm³/mol. The quantitative estimate of drug-likeness (QED) is 0.608. The Kier molecular flexibility index (Phi) is 6.77. The van der Waals surface area contributed by atoms with Gasteiger partial charge in [-0.05, 0) is 47.5 Å². The molecule has 1 saturated heterocycles. The minimum absolute atomic E-state index is 0.0269. The molecule has 0 unspecified atom stereocenters. The molecule has 0 aliphatic carbocycles. The van der Waals surface area contributed by atoms with Gasteiger partial charge in [0.1, 0.15) is 5.82 Å². The molecule has 3 aromatic rings. The van der Waals surface area contributed by atoms with E-state index < -0.39 is 0 Å². The van der Waals surface area contributed by atoms with Crippen molar-refractivity contribution in [3.63, 3.8) is 0 Å². The standard InChI is InChI=1S/C25H25FN2O2S/c26-21-9-4-6-18(14-21)16-27-25(30)20-11-12-23(19-7-2-1-3-8-19)28(17-20)24(29)15-22-10-5-13-31-22/h1-10,13-14,20,23H,11-12,15-17H2,(H,27,30)/t20-,23+/m0/s1. The Morgan fingerprint density at radius 1 is 1.03 bits per heavy atom. The molecule has 4 nitrogen and oxygen atoms in total. The number of thiophene rings is 1. The van der Waals surface area contributed by atoms with Crippen molar-refractivity contribution < 1.29 is 14.0 Å². The van der Waals surface area contributed by atoms with E-state index in [1.165, 1.54) is 12.1 Å². The summed E-state index contributed by atoms with van der Waals surface area (Å²) in [5.74, 6) is -0.648. The Morgan fingerprint density at radius 3 is 2.61 bits per heavy atom. The average Bonchev–Trinajstić information content (AvgIpc) is 3.31. The molecule has 1 aromatic heterocycles. The lowest BCUT2D eigenvalue weighted by Gasteiger charge is -2.39. The first kappa shape index (κ1) is 21.2. The summed E-state index contributed by atoms with van der Waals surface area (Å²) in [6.45, 7) is 0.664. The molecule has 1 N–H and O–H groups in total. The number of carbonyl (C=O) groups excluding carboxylic acids is 2. The minimum atomic E-state index is -0.319. The lowest BCUT2D eigenvalue weighted by molar-refractivity contribution is -0.138. The topological polar surface area (TPSA) is 49.4 Å². The van der Waals surface area contributed by atoms with Crippen molar-refractivity contribution in [1.29, 1.82) is 0 Å². The number of halogens is 1. The van der Waals surface area contributed by atoms with Gasteiger partial charge in [0.2, 0.25) is 11.8 Å². The van der Waals surface area contributed by atoms with Gasteiger partial charge in [-0.25, -0.2) is 4.39 Å². The zero-order chi connectivity index (χ0) is 21.6. The fourth-order valence-electron chi connectivity index (χ4n) is 4.13. The summed E-state index contributed by atoms with van der Waals surface area (Å²) in [7, 11) is 0. The molecule has 2 heterocycles. The number of amides is 2. The summed E-state index contributed by atoms with van der Waals surface area (Å²) in [6.07, 6.45) is 1.79. The van der Waals surface area contributed by atoms with Gasteiger partial charge in [-0.3, -0.25) is 9.59 Å². The van der Waals surface area contributed by atoms with Crippen LogP contribution in [0.5, 0.6) is 0 Å². The Bertz CT molecular complexity index is 1020. The maximum atomic E-state index is 13.4. The van der Waals surface area contributed by atoms with E-state index in [0.29, 0.717) is 19.4 Å². The third-order valence-corrected chi connectivity index (χ3v) is 6.60. The van der Waals surface area contributed by atoms with E-state index in [-0.39, 0.29) is 36.1 Å². The first-order chi connectivity index (χ1) is 15.1. The van der Waals surface area contributed by atoms with Crippen molar-refractivity contribution in [3.8, 4) is 0 Å². The van der Waals surface area contributed by atoms with Crippen molar-refractivity contribution in [3.05, 3.63) is 93.9 Å². The van der Waals surface area contributed by atoms with Gasteiger partial charge in [-0.1, -0.05) is 48.5 Å². The van der Waals surface area contributed by atoms with Gasteiger partial charge in [-0.2, -0.15) is 0 Å². The normalized spacial score (nSPS) is 18.5.